The standard InChI is InChI=1S/C67H73N4O16PS2/c1-42-29-54-50(37-63(90(78,79)80)58-34-49-12-6-8-14-57(49)71(58)66(54)74)36-59(42)85-40-44-30-45(41-86-61-35-47-15-18-51-33-48-11-5-7-13-56(48)70(51)65(73)55(47)38-60(61)81-3)32-53(31-44)84-26-24-82-23-25-83-52-19-16-46(17-20-52)43(2)68-87-22-10-28-88(76,77)27-9-21-69-64(72)39-62(89-4)67(69)75/h5-8,11-14,16-17,19-20,29-32,35-36,38,51,58,62-63H,9-10,15,18,21-28,33-34,37,39-41H2,1-4H3,(H,76,77)(H,78,79,80)/b68-43+/t51-,58+,62?,63?/m1/s1. The molecule has 6 aromatic rings. The number of hydrogen-bond acceptors (Lipinski definition) is 16. The molecule has 1 fully saturated rings. The highest BCUT2D eigenvalue weighted by atomic mass is 32.2. The average molecular weight is 1290 g/mol. The molecular weight excluding hydrogens is 1210 g/mol. The molecule has 90 heavy (non-hydrogen) atoms. The number of nitrogens with zero attached hydrogens (tertiary/aromatic N) is 4. The molecule has 0 bridgehead atoms. The zero-order valence-electron chi connectivity index (χ0n) is 50.7. The van der Waals surface area contributed by atoms with Crippen LogP contribution in [-0.2, 0) is 72.7 Å². The minimum absolute atomic E-state index is 0.00768. The van der Waals surface area contributed by atoms with Crippen molar-refractivity contribution in [3.63, 3.8) is 0 Å². The van der Waals surface area contributed by atoms with Crippen LogP contribution in [0.3, 0.4) is 0 Å². The molecule has 6 aromatic carbocycles. The predicted octanol–water partition coefficient (Wildman–Crippen LogP) is 9.82. The van der Waals surface area contributed by atoms with Gasteiger partial charge >= 0.3 is 0 Å². The molecule has 5 heterocycles. The lowest BCUT2D eigenvalue weighted by Crippen LogP contribution is -2.47. The van der Waals surface area contributed by atoms with Crippen LogP contribution in [0.5, 0.6) is 28.7 Å². The Balaban J connectivity index is 0.701. The highest BCUT2D eigenvalue weighted by molar-refractivity contribution is 8.00. The van der Waals surface area contributed by atoms with Gasteiger partial charge in [-0.05, 0) is 188 Å². The Morgan fingerprint density at radius 2 is 1.31 bits per heavy atom. The number of carbonyl (C=O) groups is 4. The van der Waals surface area contributed by atoms with E-state index in [-0.39, 0.29) is 126 Å². The number of carbonyl (C=O) groups excluding carboxylic acids is 4. The molecule has 0 aromatic heterocycles. The Morgan fingerprint density at radius 1 is 0.678 bits per heavy atom. The van der Waals surface area contributed by atoms with Gasteiger partial charge in [0, 0.05) is 53.8 Å². The number of para-hydroxylation sites is 2. The Hall–Kier alpha value is -7.72. The van der Waals surface area contributed by atoms with E-state index in [0.717, 1.165) is 51.9 Å². The third-order valence-corrected chi connectivity index (χ3v) is 21.4. The van der Waals surface area contributed by atoms with Gasteiger partial charge < -0.3 is 48.0 Å². The summed E-state index contributed by atoms with van der Waals surface area (Å²) in [6, 6.07) is 34.7. The van der Waals surface area contributed by atoms with Gasteiger partial charge in [-0.3, -0.25) is 33.2 Å². The van der Waals surface area contributed by atoms with Crippen LogP contribution in [0.2, 0.25) is 0 Å². The van der Waals surface area contributed by atoms with E-state index in [4.69, 9.17) is 33.3 Å². The van der Waals surface area contributed by atoms with Gasteiger partial charge in [0.15, 0.2) is 11.5 Å². The van der Waals surface area contributed by atoms with Gasteiger partial charge in [-0.25, -0.2) is 0 Å². The van der Waals surface area contributed by atoms with E-state index < -0.39 is 28.8 Å². The number of thioether (sulfide) groups is 1. The Morgan fingerprint density at radius 3 is 2.00 bits per heavy atom. The van der Waals surface area contributed by atoms with Crippen molar-refractivity contribution >= 4 is 70.0 Å². The Bertz CT molecular complexity index is 3900. The Kier molecular flexibility index (Phi) is 19.7. The van der Waals surface area contributed by atoms with Crippen LogP contribution in [0.1, 0.15) is 97.8 Å². The fraction of sp³-hybridized carbons (Fsp3) is 0.388. The molecule has 0 radical (unpaired) electrons. The largest absolute Gasteiger partial charge is 0.493 e. The van der Waals surface area contributed by atoms with Crippen molar-refractivity contribution in [2.45, 2.75) is 101 Å². The van der Waals surface area contributed by atoms with Gasteiger partial charge in [0.2, 0.25) is 19.2 Å². The maximum absolute atomic E-state index is 14.3. The van der Waals surface area contributed by atoms with Crippen LogP contribution in [0.25, 0.3) is 0 Å². The highest BCUT2D eigenvalue weighted by Gasteiger charge is 2.47. The number of aryl methyl sites for hydroxylation is 2. The van der Waals surface area contributed by atoms with Crippen molar-refractivity contribution in [2.24, 2.45) is 5.16 Å². The fourth-order valence-corrected chi connectivity index (χ4v) is 15.7. The topological polar surface area (TPSA) is 247 Å². The van der Waals surface area contributed by atoms with E-state index in [1.165, 1.54) is 21.6 Å². The fourth-order valence-electron chi connectivity index (χ4n) is 12.6. The third-order valence-electron chi connectivity index (χ3n) is 17.2. The van der Waals surface area contributed by atoms with Crippen molar-refractivity contribution in [3.05, 3.63) is 171 Å². The lowest BCUT2D eigenvalue weighted by molar-refractivity contribution is -0.138. The molecular formula is C67H73N4O16PS2. The van der Waals surface area contributed by atoms with Crippen LogP contribution in [0, 0.1) is 6.92 Å². The normalized spacial score (nSPS) is 19.2. The van der Waals surface area contributed by atoms with Gasteiger partial charge in [0.05, 0.1) is 37.3 Å². The van der Waals surface area contributed by atoms with E-state index >= 15 is 0 Å². The molecule has 4 amide bonds. The van der Waals surface area contributed by atoms with Crippen molar-refractivity contribution in [2.75, 3.05) is 75.1 Å². The van der Waals surface area contributed by atoms with Gasteiger partial charge in [0.25, 0.3) is 21.9 Å². The second-order valence-corrected chi connectivity index (χ2v) is 28.5. The van der Waals surface area contributed by atoms with Crippen LogP contribution in [0.15, 0.2) is 120 Å². The summed E-state index contributed by atoms with van der Waals surface area (Å²) >= 11 is 1.34. The first-order valence-corrected chi connectivity index (χ1v) is 35.0. The molecule has 11 rings (SSSR count). The molecule has 5 aliphatic rings. The maximum Gasteiger partial charge on any atom is 0.270 e. The summed E-state index contributed by atoms with van der Waals surface area (Å²) in [7, 11) is -6.52. The first-order chi connectivity index (χ1) is 43.4. The van der Waals surface area contributed by atoms with E-state index in [9.17, 15) is 41.6 Å². The molecule has 0 spiro atoms. The minimum atomic E-state index is -4.59. The number of ether oxygens (including phenoxy) is 6. The molecule has 23 heteroatoms. The lowest BCUT2D eigenvalue weighted by Gasteiger charge is -2.27. The second kappa shape index (κ2) is 27.8. The van der Waals surface area contributed by atoms with Crippen molar-refractivity contribution in [1.29, 1.82) is 0 Å². The number of imide groups is 1. The number of rotatable bonds is 27. The number of benzene rings is 6. The maximum atomic E-state index is 14.3. The monoisotopic (exact) mass is 1280 g/mol. The molecule has 2 N–H and O–H groups in total. The first kappa shape index (κ1) is 63.8. The van der Waals surface area contributed by atoms with Gasteiger partial charge in [-0.1, -0.05) is 41.6 Å². The number of amides is 4. The van der Waals surface area contributed by atoms with Crippen LogP contribution < -0.4 is 33.5 Å². The number of likely N-dealkylation sites (tertiary alicyclic amines) is 1. The van der Waals surface area contributed by atoms with E-state index in [0.29, 0.717) is 75.2 Å². The summed E-state index contributed by atoms with van der Waals surface area (Å²) < 4.78 is 86.4. The average Bonchev–Trinajstić information content (AvgIpc) is 1.60. The zero-order chi connectivity index (χ0) is 63.3. The predicted molar refractivity (Wildman–Crippen MR) is 342 cm³/mol. The number of fused-ring (bicyclic) bond motifs is 8. The lowest BCUT2D eigenvalue weighted by atomic mass is 9.97. The van der Waals surface area contributed by atoms with Gasteiger partial charge in [-0.15, -0.1) is 0 Å². The SMILES string of the molecule is COc1cc2c(cc1OCc1cc(COc3cc4c(cc3C)C(=O)N3c5ccccc5C[C@H]3C(S(=O)(=O)O)C4)cc(OCCOCCOc3ccc(/C(C)=N/OCCCP(=O)(O)CCCN4C(=O)CC(SC)C4=O)cc3)c1)CC[C@@H]1Cc3ccccc3N1C2=O. The minimum Gasteiger partial charge on any atom is -0.493 e. The van der Waals surface area contributed by atoms with E-state index in [1.807, 2.05) is 90.7 Å². The molecule has 1 saturated heterocycles. The summed E-state index contributed by atoms with van der Waals surface area (Å²) in [6.07, 6.45) is 5.03. The van der Waals surface area contributed by atoms with Crippen molar-refractivity contribution < 1.29 is 74.9 Å². The molecule has 474 valence electrons. The molecule has 0 aliphatic carbocycles. The quantitative estimate of drug-likeness (QED) is 0.0122. The summed E-state index contributed by atoms with van der Waals surface area (Å²) in [6.45, 7) is 5.00. The zero-order valence-corrected chi connectivity index (χ0v) is 53.2. The molecule has 0 saturated carbocycles. The van der Waals surface area contributed by atoms with Crippen LogP contribution in [-0.4, -0.2) is 140 Å². The van der Waals surface area contributed by atoms with E-state index in [2.05, 4.69) is 11.2 Å². The van der Waals surface area contributed by atoms with Gasteiger partial charge in [0.1, 0.15) is 55.5 Å². The summed E-state index contributed by atoms with van der Waals surface area (Å²) in [5, 5.41) is 2.53. The van der Waals surface area contributed by atoms with Crippen molar-refractivity contribution in [3.8, 4) is 28.7 Å². The molecule has 5 aliphatic heterocycles. The number of methoxy groups -OCH3 is 1. The summed E-state index contributed by atoms with van der Waals surface area (Å²) in [4.78, 5) is 73.6. The Labute approximate surface area is 527 Å². The smallest absolute Gasteiger partial charge is 0.270 e. The number of hydrogen-bond donors (Lipinski definition) is 2. The highest BCUT2D eigenvalue weighted by Crippen LogP contribution is 2.44. The van der Waals surface area contributed by atoms with Crippen LogP contribution in [0.4, 0.5) is 11.4 Å². The molecule has 5 atom stereocenters. The van der Waals surface area contributed by atoms with Crippen molar-refractivity contribution in [1.82, 2.24) is 4.90 Å². The number of anilines is 2. The van der Waals surface area contributed by atoms with Gasteiger partial charge in [-0.2, -0.15) is 20.2 Å². The molecule has 20 nitrogen and oxygen atoms in total. The first-order valence-electron chi connectivity index (χ1n) is 30.2. The van der Waals surface area contributed by atoms with E-state index in [1.54, 1.807) is 50.6 Å². The van der Waals surface area contributed by atoms with Crippen LogP contribution >= 0.6 is 19.1 Å². The summed E-state index contributed by atoms with van der Waals surface area (Å²) in [5.74, 6) is 1.59. The number of oxime groups is 1. The second-order valence-electron chi connectivity index (χ2n) is 23.2. The molecule has 3 unspecified atom stereocenters. The summed E-state index contributed by atoms with van der Waals surface area (Å²) in [5.41, 5.74) is 9.35. The third kappa shape index (κ3) is 14.4.